The van der Waals surface area contributed by atoms with Crippen molar-refractivity contribution in [3.8, 4) is 5.75 Å². The third-order valence-electron chi connectivity index (χ3n) is 5.82. The van der Waals surface area contributed by atoms with Crippen molar-refractivity contribution in [1.82, 2.24) is 0 Å². The Kier molecular flexibility index (Phi) is 7.44. The number of amides is 1. The minimum atomic E-state index is -4.01. The largest absolute Gasteiger partial charge is 0.490 e. The van der Waals surface area contributed by atoms with Crippen molar-refractivity contribution < 1.29 is 17.9 Å². The molecule has 4 rings (SSSR count). The van der Waals surface area contributed by atoms with E-state index in [0.717, 1.165) is 28.5 Å². The quantitative estimate of drug-likeness (QED) is 0.425. The fourth-order valence-corrected chi connectivity index (χ4v) is 5.63. The molecule has 0 aromatic heterocycles. The summed E-state index contributed by atoms with van der Waals surface area (Å²) in [5.74, 6) is 0.307. The minimum absolute atomic E-state index is 0.0568. The monoisotopic (exact) mass is 498 g/mol. The highest BCUT2D eigenvalue weighted by Crippen LogP contribution is 2.28. The molecule has 6 nitrogen and oxygen atoms in total. The Morgan fingerprint density at radius 2 is 1.65 bits per heavy atom. The van der Waals surface area contributed by atoms with Crippen molar-refractivity contribution >= 4 is 38.9 Å². The maximum atomic E-state index is 13.5. The second-order valence-electron chi connectivity index (χ2n) is 8.35. The Morgan fingerprint density at radius 3 is 2.29 bits per heavy atom. The third-order valence-corrected chi connectivity index (χ3v) is 7.84. The van der Waals surface area contributed by atoms with E-state index in [9.17, 15) is 13.2 Å². The van der Waals surface area contributed by atoms with Crippen LogP contribution in [0.15, 0.2) is 77.7 Å². The van der Waals surface area contributed by atoms with E-state index in [1.807, 2.05) is 18.2 Å². The van der Waals surface area contributed by atoms with Crippen molar-refractivity contribution in [2.45, 2.75) is 43.6 Å². The number of carbonyl (C=O) groups is 1. The number of rotatable bonds is 8. The van der Waals surface area contributed by atoms with E-state index in [1.165, 1.54) is 37.1 Å². The molecule has 0 saturated heterocycles. The van der Waals surface area contributed by atoms with Gasteiger partial charge < -0.3 is 10.1 Å². The van der Waals surface area contributed by atoms with Crippen LogP contribution in [0.3, 0.4) is 0 Å². The number of nitrogens with one attached hydrogen (secondary N) is 1. The second-order valence-corrected chi connectivity index (χ2v) is 10.6. The molecule has 1 aliphatic rings. The number of hydrogen-bond donors (Lipinski definition) is 1. The second kappa shape index (κ2) is 10.5. The van der Waals surface area contributed by atoms with Crippen molar-refractivity contribution in [3.63, 3.8) is 0 Å². The van der Waals surface area contributed by atoms with Crippen LogP contribution in [0, 0.1) is 6.92 Å². The Bertz CT molecular complexity index is 1240. The smallest absolute Gasteiger partial charge is 0.264 e. The van der Waals surface area contributed by atoms with E-state index >= 15 is 0 Å². The normalized spacial score (nSPS) is 14.1. The van der Waals surface area contributed by atoms with Gasteiger partial charge in [0.2, 0.25) is 5.91 Å². The SMILES string of the molecule is Cc1ccccc1N(CC(=O)Nc1ccc(OC2CCCC2)cc1)S(=O)(=O)c1ccc(Cl)cc1. The Balaban J connectivity index is 1.52. The van der Waals surface area contributed by atoms with Gasteiger partial charge in [0.15, 0.2) is 0 Å². The lowest BCUT2D eigenvalue weighted by atomic mass is 10.2. The number of carbonyl (C=O) groups excluding carboxylic acids is 1. The van der Waals surface area contributed by atoms with Gasteiger partial charge in [0.05, 0.1) is 16.7 Å². The number of halogens is 1. The zero-order valence-corrected chi connectivity index (χ0v) is 20.5. The third kappa shape index (κ3) is 5.72. The number of hydrogen-bond acceptors (Lipinski definition) is 4. The molecule has 0 spiro atoms. The summed E-state index contributed by atoms with van der Waals surface area (Å²) >= 11 is 5.94. The highest BCUT2D eigenvalue weighted by molar-refractivity contribution is 7.92. The van der Waals surface area contributed by atoms with Crippen LogP contribution >= 0.6 is 11.6 Å². The first-order valence-corrected chi connectivity index (χ1v) is 13.1. The van der Waals surface area contributed by atoms with Crippen LogP contribution in [0.4, 0.5) is 11.4 Å². The van der Waals surface area contributed by atoms with Crippen LogP contribution < -0.4 is 14.4 Å². The maximum Gasteiger partial charge on any atom is 0.264 e. The van der Waals surface area contributed by atoms with Crippen LogP contribution in [-0.4, -0.2) is 27.0 Å². The number of nitrogens with zero attached hydrogens (tertiary/aromatic N) is 1. The number of aryl methyl sites for hydroxylation is 1. The first-order valence-electron chi connectivity index (χ1n) is 11.2. The standard InChI is InChI=1S/C26H27ClN2O4S/c1-19-6-2-5-9-25(19)29(34(31,32)24-16-10-20(27)11-17-24)18-26(30)28-21-12-14-23(15-13-21)33-22-7-3-4-8-22/h2,5-6,9-17,22H,3-4,7-8,18H2,1H3,(H,28,30). The summed E-state index contributed by atoms with van der Waals surface area (Å²) < 4.78 is 34.0. The predicted octanol–water partition coefficient (Wildman–Crippen LogP) is 5.80. The lowest BCUT2D eigenvalue weighted by molar-refractivity contribution is -0.114. The van der Waals surface area contributed by atoms with Crippen LogP contribution in [0.2, 0.25) is 5.02 Å². The van der Waals surface area contributed by atoms with Gasteiger partial charge in [-0.05, 0) is 92.8 Å². The topological polar surface area (TPSA) is 75.7 Å². The lowest BCUT2D eigenvalue weighted by Crippen LogP contribution is -2.38. The molecule has 1 fully saturated rings. The number of para-hydroxylation sites is 1. The van der Waals surface area contributed by atoms with Gasteiger partial charge in [0.1, 0.15) is 12.3 Å². The Morgan fingerprint density at radius 1 is 1.00 bits per heavy atom. The van der Waals surface area contributed by atoms with E-state index < -0.39 is 15.9 Å². The molecule has 178 valence electrons. The average Bonchev–Trinajstić information content (AvgIpc) is 3.33. The van der Waals surface area contributed by atoms with Gasteiger partial charge in [-0.3, -0.25) is 9.10 Å². The maximum absolute atomic E-state index is 13.5. The molecule has 0 radical (unpaired) electrons. The van der Waals surface area contributed by atoms with Gasteiger partial charge >= 0.3 is 0 Å². The highest BCUT2D eigenvalue weighted by Gasteiger charge is 2.28. The van der Waals surface area contributed by atoms with Crippen LogP contribution in [-0.2, 0) is 14.8 Å². The molecule has 0 aliphatic heterocycles. The van der Waals surface area contributed by atoms with Gasteiger partial charge in [-0.1, -0.05) is 29.8 Å². The van der Waals surface area contributed by atoms with Gasteiger partial charge in [-0.15, -0.1) is 0 Å². The zero-order valence-electron chi connectivity index (χ0n) is 18.9. The van der Waals surface area contributed by atoms with E-state index in [0.29, 0.717) is 16.4 Å². The van der Waals surface area contributed by atoms with Crippen molar-refractivity contribution in [2.75, 3.05) is 16.2 Å². The summed E-state index contributed by atoms with van der Waals surface area (Å²) in [6, 6.07) is 20.1. The van der Waals surface area contributed by atoms with E-state index in [2.05, 4.69) is 5.32 Å². The van der Waals surface area contributed by atoms with Crippen molar-refractivity contribution in [3.05, 3.63) is 83.4 Å². The fraction of sp³-hybridized carbons (Fsp3) is 0.269. The van der Waals surface area contributed by atoms with Gasteiger partial charge in [0, 0.05) is 10.7 Å². The summed E-state index contributed by atoms with van der Waals surface area (Å²) in [6.07, 6.45) is 4.76. The van der Waals surface area contributed by atoms with E-state index in [-0.39, 0.29) is 17.5 Å². The van der Waals surface area contributed by atoms with Gasteiger partial charge in [-0.2, -0.15) is 0 Å². The molecule has 0 heterocycles. The molecule has 3 aromatic carbocycles. The average molecular weight is 499 g/mol. The first kappa shape index (κ1) is 24.1. The summed E-state index contributed by atoms with van der Waals surface area (Å²) in [4.78, 5) is 13.0. The number of ether oxygens (including phenoxy) is 1. The van der Waals surface area contributed by atoms with Crippen LogP contribution in [0.1, 0.15) is 31.2 Å². The summed E-state index contributed by atoms with van der Waals surface area (Å²) in [5.41, 5.74) is 1.74. The van der Waals surface area contributed by atoms with Crippen LogP contribution in [0.5, 0.6) is 5.75 Å². The summed E-state index contributed by atoms with van der Waals surface area (Å²) in [7, 11) is -4.01. The van der Waals surface area contributed by atoms with Crippen molar-refractivity contribution in [2.24, 2.45) is 0 Å². The predicted molar refractivity (Wildman–Crippen MR) is 135 cm³/mol. The molecule has 0 unspecified atom stereocenters. The molecular weight excluding hydrogens is 472 g/mol. The summed E-state index contributed by atoms with van der Waals surface area (Å²) in [5, 5.41) is 3.22. The molecule has 1 amide bonds. The molecule has 3 aromatic rings. The Hall–Kier alpha value is -3.03. The lowest BCUT2D eigenvalue weighted by Gasteiger charge is -2.25. The molecule has 0 atom stereocenters. The molecular formula is C26H27ClN2O4S. The molecule has 1 aliphatic carbocycles. The van der Waals surface area contributed by atoms with Gasteiger partial charge in [0.25, 0.3) is 10.0 Å². The minimum Gasteiger partial charge on any atom is -0.490 e. The summed E-state index contributed by atoms with van der Waals surface area (Å²) in [6.45, 7) is 1.43. The van der Waals surface area contributed by atoms with Crippen LogP contribution in [0.25, 0.3) is 0 Å². The molecule has 1 N–H and O–H groups in total. The highest BCUT2D eigenvalue weighted by atomic mass is 35.5. The van der Waals surface area contributed by atoms with Gasteiger partial charge in [-0.25, -0.2) is 8.42 Å². The first-order chi connectivity index (χ1) is 16.3. The zero-order chi connectivity index (χ0) is 24.1. The number of benzene rings is 3. The molecule has 1 saturated carbocycles. The molecule has 8 heteroatoms. The Labute approximate surface area is 205 Å². The number of anilines is 2. The van der Waals surface area contributed by atoms with E-state index in [1.54, 1.807) is 37.3 Å². The number of sulfonamides is 1. The molecule has 0 bridgehead atoms. The van der Waals surface area contributed by atoms with E-state index in [4.69, 9.17) is 16.3 Å². The molecule has 34 heavy (non-hydrogen) atoms. The van der Waals surface area contributed by atoms with Crippen molar-refractivity contribution in [1.29, 1.82) is 0 Å². The fourth-order valence-electron chi connectivity index (χ4n) is 4.02.